The van der Waals surface area contributed by atoms with Gasteiger partial charge in [-0.3, -0.25) is 0 Å². The fraction of sp³-hybridized carbons (Fsp3) is 0.100. The van der Waals surface area contributed by atoms with Crippen LogP contribution in [0.25, 0.3) is 16.8 Å². The summed E-state index contributed by atoms with van der Waals surface area (Å²) < 4.78 is 40.6. The van der Waals surface area contributed by atoms with Gasteiger partial charge in [0.05, 0.1) is 5.56 Å². The first-order chi connectivity index (χ1) is 12.9. The van der Waals surface area contributed by atoms with Crippen molar-refractivity contribution >= 4 is 17.3 Å². The molecule has 0 aliphatic carbocycles. The number of hydrogen-bond acceptors (Lipinski definition) is 3. The molecule has 2 heterocycles. The van der Waals surface area contributed by atoms with E-state index in [9.17, 15) is 13.2 Å². The number of nitrogens with zero attached hydrogens (tertiary/aromatic N) is 3. The van der Waals surface area contributed by atoms with Crippen LogP contribution in [-0.2, 0) is 6.18 Å². The maximum atomic E-state index is 13.0. The lowest BCUT2D eigenvalue weighted by atomic mass is 10.0. The molecular formula is C20H15F3N4. The van der Waals surface area contributed by atoms with Crippen molar-refractivity contribution in [2.75, 3.05) is 5.32 Å². The molecule has 0 saturated carbocycles. The number of halogens is 3. The molecule has 4 rings (SSSR count). The van der Waals surface area contributed by atoms with E-state index in [4.69, 9.17) is 0 Å². The second-order valence-electron chi connectivity index (χ2n) is 6.20. The summed E-state index contributed by atoms with van der Waals surface area (Å²) in [4.78, 5) is 4.46. The Kier molecular flexibility index (Phi) is 4.07. The Morgan fingerprint density at radius 1 is 0.963 bits per heavy atom. The Hall–Kier alpha value is -3.35. The van der Waals surface area contributed by atoms with E-state index in [1.165, 1.54) is 6.07 Å². The third kappa shape index (κ3) is 3.48. The Morgan fingerprint density at radius 3 is 2.48 bits per heavy atom. The van der Waals surface area contributed by atoms with Crippen molar-refractivity contribution in [3.63, 3.8) is 0 Å². The first kappa shape index (κ1) is 17.1. The molecule has 0 atom stereocenters. The standard InChI is InChI=1S/C20H15F3N4/c1-13-7-9-16(10-8-13)24-19-25-18-17(6-3-11-27(18)26-19)14-4-2-5-15(12-14)20(21,22)23/h2-12H,1H3,(H,24,26). The molecule has 1 N–H and O–H groups in total. The van der Waals surface area contributed by atoms with Gasteiger partial charge < -0.3 is 5.32 Å². The summed E-state index contributed by atoms with van der Waals surface area (Å²) in [5.74, 6) is 0.373. The highest BCUT2D eigenvalue weighted by molar-refractivity contribution is 5.78. The first-order valence-electron chi connectivity index (χ1n) is 8.27. The average Bonchev–Trinajstić information content (AvgIpc) is 3.05. The first-order valence-corrected chi connectivity index (χ1v) is 8.27. The molecule has 27 heavy (non-hydrogen) atoms. The number of rotatable bonds is 3. The summed E-state index contributed by atoms with van der Waals surface area (Å²) in [6, 6.07) is 16.4. The number of hydrogen-bond donors (Lipinski definition) is 1. The zero-order valence-corrected chi connectivity index (χ0v) is 14.3. The SMILES string of the molecule is Cc1ccc(Nc2nc3c(-c4cccc(C(F)(F)F)c4)cccn3n2)cc1. The molecule has 0 fully saturated rings. The van der Waals surface area contributed by atoms with Crippen molar-refractivity contribution in [1.82, 2.24) is 14.6 Å². The lowest BCUT2D eigenvalue weighted by Gasteiger charge is -2.09. The molecule has 0 bridgehead atoms. The van der Waals surface area contributed by atoms with Gasteiger partial charge in [-0.2, -0.15) is 18.2 Å². The topological polar surface area (TPSA) is 42.2 Å². The number of aromatic nitrogens is 3. The predicted molar refractivity (Wildman–Crippen MR) is 97.9 cm³/mol. The van der Waals surface area contributed by atoms with Crippen LogP contribution in [0, 0.1) is 6.92 Å². The fourth-order valence-corrected chi connectivity index (χ4v) is 2.81. The van der Waals surface area contributed by atoms with Gasteiger partial charge in [0, 0.05) is 17.4 Å². The molecule has 0 amide bonds. The normalized spacial score (nSPS) is 11.7. The van der Waals surface area contributed by atoms with Crippen molar-refractivity contribution in [1.29, 1.82) is 0 Å². The highest BCUT2D eigenvalue weighted by Gasteiger charge is 2.30. The number of fused-ring (bicyclic) bond motifs is 1. The van der Waals surface area contributed by atoms with E-state index in [0.717, 1.165) is 23.4 Å². The Morgan fingerprint density at radius 2 is 1.74 bits per heavy atom. The van der Waals surface area contributed by atoms with E-state index >= 15 is 0 Å². The van der Waals surface area contributed by atoms with E-state index < -0.39 is 11.7 Å². The number of anilines is 2. The van der Waals surface area contributed by atoms with Crippen LogP contribution < -0.4 is 5.32 Å². The molecule has 0 saturated heterocycles. The molecule has 0 radical (unpaired) electrons. The van der Waals surface area contributed by atoms with E-state index in [-0.39, 0.29) is 0 Å². The second-order valence-corrected chi connectivity index (χ2v) is 6.20. The van der Waals surface area contributed by atoms with Crippen molar-refractivity contribution in [3.8, 4) is 11.1 Å². The fourth-order valence-electron chi connectivity index (χ4n) is 2.81. The van der Waals surface area contributed by atoms with Gasteiger partial charge in [-0.25, -0.2) is 4.52 Å². The van der Waals surface area contributed by atoms with Crippen LogP contribution in [0.2, 0.25) is 0 Å². The Bertz CT molecular complexity index is 1100. The van der Waals surface area contributed by atoms with Gasteiger partial charge in [-0.15, -0.1) is 5.10 Å². The third-order valence-electron chi connectivity index (χ3n) is 4.17. The minimum absolute atomic E-state index is 0.373. The van der Waals surface area contributed by atoms with Crippen LogP contribution in [0.3, 0.4) is 0 Å². The van der Waals surface area contributed by atoms with Crippen LogP contribution in [0.15, 0.2) is 66.9 Å². The second kappa shape index (κ2) is 6.42. The van der Waals surface area contributed by atoms with E-state index in [0.29, 0.717) is 22.7 Å². The zero-order chi connectivity index (χ0) is 19.0. The lowest BCUT2D eigenvalue weighted by molar-refractivity contribution is -0.137. The summed E-state index contributed by atoms with van der Waals surface area (Å²) in [5.41, 5.74) is 2.76. The monoisotopic (exact) mass is 368 g/mol. The summed E-state index contributed by atoms with van der Waals surface area (Å²) in [6.07, 6.45) is -2.69. The van der Waals surface area contributed by atoms with Gasteiger partial charge >= 0.3 is 6.18 Å². The lowest BCUT2D eigenvalue weighted by Crippen LogP contribution is -2.04. The Balaban J connectivity index is 1.74. The minimum Gasteiger partial charge on any atom is -0.323 e. The van der Waals surface area contributed by atoms with Crippen molar-refractivity contribution in [3.05, 3.63) is 78.0 Å². The predicted octanol–water partition coefficient (Wildman–Crippen LogP) is 5.47. The van der Waals surface area contributed by atoms with Crippen LogP contribution in [0.1, 0.15) is 11.1 Å². The van der Waals surface area contributed by atoms with Gasteiger partial charge in [-0.05, 0) is 48.9 Å². The van der Waals surface area contributed by atoms with Crippen LogP contribution in [0.5, 0.6) is 0 Å². The number of aryl methyl sites for hydroxylation is 1. The smallest absolute Gasteiger partial charge is 0.323 e. The summed E-state index contributed by atoms with van der Waals surface area (Å²) in [6.45, 7) is 1.99. The van der Waals surface area contributed by atoms with Crippen LogP contribution >= 0.6 is 0 Å². The molecule has 0 aliphatic rings. The van der Waals surface area contributed by atoms with Crippen molar-refractivity contribution in [2.24, 2.45) is 0 Å². The summed E-state index contributed by atoms with van der Waals surface area (Å²) in [7, 11) is 0. The van der Waals surface area contributed by atoms with E-state index in [2.05, 4.69) is 15.4 Å². The minimum atomic E-state index is -4.40. The number of nitrogens with one attached hydrogen (secondary N) is 1. The van der Waals surface area contributed by atoms with Gasteiger partial charge in [0.15, 0.2) is 5.65 Å². The number of alkyl halides is 3. The highest BCUT2D eigenvalue weighted by Crippen LogP contribution is 2.33. The molecular weight excluding hydrogens is 353 g/mol. The van der Waals surface area contributed by atoms with Crippen molar-refractivity contribution in [2.45, 2.75) is 13.1 Å². The van der Waals surface area contributed by atoms with Gasteiger partial charge in [-0.1, -0.05) is 29.8 Å². The van der Waals surface area contributed by atoms with E-state index in [1.807, 2.05) is 31.2 Å². The summed E-state index contributed by atoms with van der Waals surface area (Å²) in [5, 5.41) is 7.47. The van der Waals surface area contributed by atoms with Crippen LogP contribution in [-0.4, -0.2) is 14.6 Å². The van der Waals surface area contributed by atoms with E-state index in [1.54, 1.807) is 28.9 Å². The maximum absolute atomic E-state index is 13.0. The molecule has 0 aliphatic heterocycles. The van der Waals surface area contributed by atoms with Crippen LogP contribution in [0.4, 0.5) is 24.8 Å². The number of pyridine rings is 1. The zero-order valence-electron chi connectivity index (χ0n) is 14.3. The molecule has 4 nitrogen and oxygen atoms in total. The maximum Gasteiger partial charge on any atom is 0.416 e. The molecule has 136 valence electrons. The summed E-state index contributed by atoms with van der Waals surface area (Å²) >= 11 is 0. The largest absolute Gasteiger partial charge is 0.416 e. The average molecular weight is 368 g/mol. The van der Waals surface area contributed by atoms with Crippen molar-refractivity contribution < 1.29 is 13.2 Å². The molecule has 2 aromatic heterocycles. The quantitative estimate of drug-likeness (QED) is 0.522. The van der Waals surface area contributed by atoms with Gasteiger partial charge in [0.2, 0.25) is 5.95 Å². The molecule has 4 aromatic rings. The molecule has 0 unspecified atom stereocenters. The van der Waals surface area contributed by atoms with Gasteiger partial charge in [0.25, 0.3) is 0 Å². The molecule has 2 aromatic carbocycles. The highest BCUT2D eigenvalue weighted by atomic mass is 19.4. The molecule has 0 spiro atoms. The number of benzene rings is 2. The third-order valence-corrected chi connectivity index (χ3v) is 4.17. The molecule has 7 heteroatoms. The van der Waals surface area contributed by atoms with Gasteiger partial charge in [0.1, 0.15) is 0 Å². The Labute approximate surface area is 153 Å².